The Bertz CT molecular complexity index is 322. The molecule has 4 fully saturated rings. The molecule has 0 bridgehead atoms. The SMILES string of the molecule is C1CCC(NC2C(N3CCOCC3)N2C2CCCCC2)CC1. The van der Waals surface area contributed by atoms with E-state index in [4.69, 9.17) is 4.74 Å². The second-order valence-corrected chi connectivity index (χ2v) is 7.75. The summed E-state index contributed by atoms with van der Waals surface area (Å²) in [6.45, 7) is 4.09. The first kappa shape index (κ1) is 15.4. The molecule has 0 aromatic carbocycles. The summed E-state index contributed by atoms with van der Waals surface area (Å²) in [6.07, 6.45) is 15.5. The van der Waals surface area contributed by atoms with Gasteiger partial charge in [0.25, 0.3) is 0 Å². The van der Waals surface area contributed by atoms with Crippen LogP contribution in [-0.2, 0) is 4.74 Å². The van der Waals surface area contributed by atoms with Gasteiger partial charge in [-0.15, -0.1) is 0 Å². The third kappa shape index (κ3) is 3.35. The first-order valence-corrected chi connectivity index (χ1v) is 9.79. The summed E-state index contributed by atoms with van der Waals surface area (Å²) in [7, 11) is 0. The van der Waals surface area contributed by atoms with Crippen molar-refractivity contribution >= 4 is 0 Å². The smallest absolute Gasteiger partial charge is 0.0937 e. The standard InChI is InChI=1S/C18H33N3O/c1-3-7-15(8-4-1)19-17-18(20-11-13-22-14-12-20)21(17)16-9-5-2-6-10-16/h15-19H,1-14H2. The molecule has 3 atom stereocenters. The zero-order chi connectivity index (χ0) is 14.8. The minimum atomic E-state index is 0.629. The predicted molar refractivity (Wildman–Crippen MR) is 88.7 cm³/mol. The topological polar surface area (TPSA) is 27.5 Å². The average Bonchev–Trinajstić information content (AvgIpc) is 3.31. The lowest BCUT2D eigenvalue weighted by atomic mass is 9.95. The van der Waals surface area contributed by atoms with E-state index in [1.807, 2.05) is 0 Å². The Morgan fingerprint density at radius 1 is 0.773 bits per heavy atom. The summed E-state index contributed by atoms with van der Waals surface area (Å²) in [5.41, 5.74) is 0. The molecule has 2 heterocycles. The van der Waals surface area contributed by atoms with E-state index in [1.165, 1.54) is 64.2 Å². The predicted octanol–water partition coefficient (Wildman–Crippen LogP) is 2.54. The summed E-state index contributed by atoms with van der Waals surface area (Å²) in [5.74, 6) is 0. The fourth-order valence-electron chi connectivity index (χ4n) is 4.97. The highest BCUT2D eigenvalue weighted by Gasteiger charge is 2.54. The molecule has 0 spiro atoms. The highest BCUT2D eigenvalue weighted by atomic mass is 16.5. The molecule has 22 heavy (non-hydrogen) atoms. The summed E-state index contributed by atoms with van der Waals surface area (Å²) < 4.78 is 5.56. The summed E-state index contributed by atoms with van der Waals surface area (Å²) >= 11 is 0. The molecule has 0 aromatic rings. The van der Waals surface area contributed by atoms with Gasteiger partial charge >= 0.3 is 0 Å². The van der Waals surface area contributed by atoms with Crippen molar-refractivity contribution in [1.82, 2.24) is 15.1 Å². The van der Waals surface area contributed by atoms with Gasteiger partial charge in [0.05, 0.1) is 25.5 Å². The maximum absolute atomic E-state index is 5.56. The first-order valence-electron chi connectivity index (χ1n) is 9.79. The van der Waals surface area contributed by atoms with Gasteiger partial charge in [-0.1, -0.05) is 38.5 Å². The van der Waals surface area contributed by atoms with Gasteiger partial charge in [0.15, 0.2) is 0 Å². The second kappa shape index (κ2) is 7.16. The van der Waals surface area contributed by atoms with Gasteiger partial charge in [-0.2, -0.15) is 0 Å². The monoisotopic (exact) mass is 307 g/mol. The van der Waals surface area contributed by atoms with Gasteiger partial charge in [0.1, 0.15) is 0 Å². The van der Waals surface area contributed by atoms with Crippen molar-refractivity contribution in [1.29, 1.82) is 0 Å². The summed E-state index contributed by atoms with van der Waals surface area (Å²) in [4.78, 5) is 5.50. The van der Waals surface area contributed by atoms with Crippen LogP contribution in [-0.4, -0.2) is 60.5 Å². The highest BCUT2D eigenvalue weighted by Crippen LogP contribution is 2.39. The first-order chi connectivity index (χ1) is 10.9. The van der Waals surface area contributed by atoms with E-state index in [9.17, 15) is 0 Å². The number of rotatable bonds is 4. The Balaban J connectivity index is 1.39. The molecular formula is C18H33N3O. The van der Waals surface area contributed by atoms with Crippen molar-refractivity contribution in [2.75, 3.05) is 26.3 Å². The van der Waals surface area contributed by atoms with E-state index in [2.05, 4.69) is 15.1 Å². The van der Waals surface area contributed by atoms with Gasteiger partial charge < -0.3 is 4.74 Å². The van der Waals surface area contributed by atoms with Crippen LogP contribution in [0.25, 0.3) is 0 Å². The normalized spacial score (nSPS) is 39.0. The Labute approximate surface area is 135 Å². The number of ether oxygens (including phenoxy) is 1. The number of hydrogen-bond acceptors (Lipinski definition) is 4. The van der Waals surface area contributed by atoms with E-state index in [0.29, 0.717) is 12.3 Å². The highest BCUT2D eigenvalue weighted by molar-refractivity contribution is 5.05. The van der Waals surface area contributed by atoms with Crippen molar-refractivity contribution < 1.29 is 4.74 Å². The van der Waals surface area contributed by atoms with Crippen molar-refractivity contribution in [2.24, 2.45) is 0 Å². The van der Waals surface area contributed by atoms with Crippen LogP contribution in [0.4, 0.5) is 0 Å². The molecule has 0 radical (unpaired) electrons. The third-order valence-corrected chi connectivity index (χ3v) is 6.25. The van der Waals surface area contributed by atoms with Crippen molar-refractivity contribution in [3.63, 3.8) is 0 Å². The Morgan fingerprint density at radius 3 is 2.09 bits per heavy atom. The molecule has 1 N–H and O–H groups in total. The maximum atomic E-state index is 5.56. The summed E-state index contributed by atoms with van der Waals surface area (Å²) in [5, 5.41) is 4.03. The lowest BCUT2D eigenvalue weighted by molar-refractivity contribution is 0.0215. The van der Waals surface area contributed by atoms with Gasteiger partial charge in [0, 0.05) is 25.2 Å². The molecule has 2 aliphatic carbocycles. The molecule has 3 unspecified atom stereocenters. The number of morpholine rings is 1. The largest absolute Gasteiger partial charge is 0.379 e. The van der Waals surface area contributed by atoms with Gasteiger partial charge in [-0.05, 0) is 25.7 Å². The second-order valence-electron chi connectivity index (χ2n) is 7.75. The zero-order valence-electron chi connectivity index (χ0n) is 14.0. The van der Waals surface area contributed by atoms with Crippen LogP contribution in [0, 0.1) is 0 Å². The van der Waals surface area contributed by atoms with Gasteiger partial charge in [0.2, 0.25) is 0 Å². The Morgan fingerprint density at radius 2 is 1.41 bits per heavy atom. The zero-order valence-corrected chi connectivity index (χ0v) is 14.0. The van der Waals surface area contributed by atoms with Crippen LogP contribution in [0.1, 0.15) is 64.2 Å². The molecule has 4 nitrogen and oxygen atoms in total. The number of nitrogens with one attached hydrogen (secondary N) is 1. The van der Waals surface area contributed by atoms with Crippen LogP contribution in [0.3, 0.4) is 0 Å². The number of nitrogens with zero attached hydrogens (tertiary/aromatic N) is 2. The quantitative estimate of drug-likeness (QED) is 0.808. The molecule has 0 amide bonds. The minimum absolute atomic E-state index is 0.629. The molecule has 0 aromatic heterocycles. The molecule has 4 rings (SSSR count). The third-order valence-electron chi connectivity index (χ3n) is 6.25. The van der Waals surface area contributed by atoms with Crippen molar-refractivity contribution in [3.05, 3.63) is 0 Å². The van der Waals surface area contributed by atoms with Crippen LogP contribution >= 0.6 is 0 Å². The van der Waals surface area contributed by atoms with E-state index >= 15 is 0 Å². The fourth-order valence-corrected chi connectivity index (χ4v) is 4.97. The van der Waals surface area contributed by atoms with E-state index in [1.54, 1.807) is 0 Å². The molecule has 2 saturated heterocycles. The Kier molecular flexibility index (Phi) is 5.01. The van der Waals surface area contributed by atoms with E-state index in [0.717, 1.165) is 38.4 Å². The lowest BCUT2D eigenvalue weighted by Crippen LogP contribution is -2.43. The molecular weight excluding hydrogens is 274 g/mol. The van der Waals surface area contributed by atoms with Gasteiger partial charge in [-0.3, -0.25) is 15.1 Å². The maximum Gasteiger partial charge on any atom is 0.0937 e. The average molecular weight is 307 g/mol. The minimum Gasteiger partial charge on any atom is -0.379 e. The van der Waals surface area contributed by atoms with E-state index in [-0.39, 0.29) is 0 Å². The van der Waals surface area contributed by atoms with Crippen LogP contribution in [0.15, 0.2) is 0 Å². The summed E-state index contributed by atoms with van der Waals surface area (Å²) in [6, 6.07) is 1.61. The molecule has 4 heteroatoms. The van der Waals surface area contributed by atoms with E-state index < -0.39 is 0 Å². The van der Waals surface area contributed by atoms with Crippen molar-refractivity contribution in [2.45, 2.75) is 88.6 Å². The van der Waals surface area contributed by atoms with Crippen LogP contribution < -0.4 is 5.32 Å². The molecule has 2 saturated carbocycles. The Hall–Kier alpha value is -0.160. The lowest BCUT2D eigenvalue weighted by Gasteiger charge is -2.29. The molecule has 2 aliphatic heterocycles. The molecule has 126 valence electrons. The molecule has 4 aliphatic rings. The van der Waals surface area contributed by atoms with Gasteiger partial charge in [-0.25, -0.2) is 0 Å². The van der Waals surface area contributed by atoms with Crippen molar-refractivity contribution in [3.8, 4) is 0 Å². The number of hydrogen-bond donors (Lipinski definition) is 1. The fraction of sp³-hybridized carbons (Fsp3) is 1.00. The van der Waals surface area contributed by atoms with Crippen LogP contribution in [0.2, 0.25) is 0 Å². The van der Waals surface area contributed by atoms with Crippen LogP contribution in [0.5, 0.6) is 0 Å².